The Kier molecular flexibility index (Phi) is 4.34. The van der Waals surface area contributed by atoms with E-state index in [4.69, 9.17) is 0 Å². The molecule has 0 spiro atoms. The summed E-state index contributed by atoms with van der Waals surface area (Å²) in [6.45, 7) is 1.02. The van der Waals surface area contributed by atoms with Gasteiger partial charge in [-0.25, -0.2) is 13.1 Å². The Hall–Kier alpha value is -1.28. The van der Waals surface area contributed by atoms with Crippen molar-refractivity contribution in [1.82, 2.24) is 15.0 Å². The summed E-state index contributed by atoms with van der Waals surface area (Å²) in [6.07, 6.45) is 5.75. The summed E-state index contributed by atoms with van der Waals surface area (Å²) in [6, 6.07) is 7.76. The number of hydrogen-bond donors (Lipinski definition) is 2. The zero-order valence-electron chi connectivity index (χ0n) is 11.5. The average molecular weight is 323 g/mol. The minimum absolute atomic E-state index is 0.276. The zero-order valence-corrected chi connectivity index (χ0v) is 13.1. The van der Waals surface area contributed by atoms with Gasteiger partial charge in [0.15, 0.2) is 0 Å². The fourth-order valence-corrected chi connectivity index (χ4v) is 4.25. The molecule has 0 aromatic carbocycles. The van der Waals surface area contributed by atoms with Gasteiger partial charge in [-0.3, -0.25) is 4.98 Å². The van der Waals surface area contributed by atoms with Gasteiger partial charge in [-0.15, -0.1) is 11.3 Å². The van der Waals surface area contributed by atoms with Crippen molar-refractivity contribution in [1.29, 1.82) is 0 Å². The van der Waals surface area contributed by atoms with Crippen LogP contribution < -0.4 is 10.0 Å². The Balaban J connectivity index is 1.61. The molecular formula is C14H17N3O2S2. The summed E-state index contributed by atoms with van der Waals surface area (Å²) in [4.78, 5) is 4.96. The van der Waals surface area contributed by atoms with Crippen molar-refractivity contribution >= 4 is 21.4 Å². The van der Waals surface area contributed by atoms with Gasteiger partial charge in [0.1, 0.15) is 4.21 Å². The molecule has 2 N–H and O–H groups in total. The predicted octanol–water partition coefficient (Wildman–Crippen LogP) is 1.87. The topological polar surface area (TPSA) is 71.1 Å². The highest BCUT2D eigenvalue weighted by Gasteiger charge is 2.21. The molecular weight excluding hydrogens is 306 g/mol. The van der Waals surface area contributed by atoms with Gasteiger partial charge >= 0.3 is 0 Å². The highest BCUT2D eigenvalue weighted by Crippen LogP contribution is 2.24. The largest absolute Gasteiger partial charge is 0.309 e. The summed E-state index contributed by atoms with van der Waals surface area (Å²) in [7, 11) is -3.44. The van der Waals surface area contributed by atoms with Crippen LogP contribution in [0.25, 0.3) is 0 Å². The number of nitrogens with one attached hydrogen (secondary N) is 2. The molecule has 3 rings (SSSR count). The van der Waals surface area contributed by atoms with E-state index in [1.165, 1.54) is 24.2 Å². The fourth-order valence-electron chi connectivity index (χ4n) is 1.88. The van der Waals surface area contributed by atoms with E-state index in [1.54, 1.807) is 30.6 Å². The lowest BCUT2D eigenvalue weighted by Crippen LogP contribution is -2.22. The smallest absolute Gasteiger partial charge is 0.250 e. The van der Waals surface area contributed by atoms with Crippen LogP contribution >= 0.6 is 11.3 Å². The Morgan fingerprint density at radius 2 is 1.90 bits per heavy atom. The van der Waals surface area contributed by atoms with Crippen LogP contribution in [0, 0.1) is 0 Å². The molecule has 1 saturated carbocycles. The van der Waals surface area contributed by atoms with Crippen LogP contribution in [0.1, 0.15) is 23.3 Å². The number of aromatic nitrogens is 1. The van der Waals surface area contributed by atoms with Gasteiger partial charge < -0.3 is 5.32 Å². The van der Waals surface area contributed by atoms with E-state index < -0.39 is 10.0 Å². The predicted molar refractivity (Wildman–Crippen MR) is 82.4 cm³/mol. The molecule has 0 radical (unpaired) electrons. The maximum Gasteiger partial charge on any atom is 0.250 e. The Bertz CT molecular complexity index is 694. The Labute approximate surface area is 128 Å². The fraction of sp³-hybridized carbons (Fsp3) is 0.357. The van der Waals surface area contributed by atoms with Gasteiger partial charge in [-0.1, -0.05) is 0 Å². The molecule has 0 unspecified atom stereocenters. The standard InChI is InChI=1S/C14H17N3O2S2/c18-21(19,17-9-11-5-7-15-8-6-11)14-4-3-13(20-14)10-16-12-1-2-12/h3-8,12,16-17H,1-2,9-10H2. The monoisotopic (exact) mass is 323 g/mol. The number of sulfonamides is 1. The van der Waals surface area contributed by atoms with Crippen molar-refractivity contribution in [3.8, 4) is 0 Å². The van der Waals surface area contributed by atoms with Crippen molar-refractivity contribution in [2.24, 2.45) is 0 Å². The van der Waals surface area contributed by atoms with Crippen LogP contribution in [0.5, 0.6) is 0 Å². The molecule has 2 aromatic rings. The summed E-state index contributed by atoms with van der Waals surface area (Å²) in [5.41, 5.74) is 0.890. The van der Waals surface area contributed by atoms with Crippen LogP contribution in [0.15, 0.2) is 40.9 Å². The molecule has 2 heterocycles. The molecule has 5 nitrogen and oxygen atoms in total. The third kappa shape index (κ3) is 4.10. The Morgan fingerprint density at radius 3 is 2.62 bits per heavy atom. The summed E-state index contributed by atoms with van der Waals surface area (Å²) in [5.74, 6) is 0. The van der Waals surface area contributed by atoms with Crippen molar-refractivity contribution < 1.29 is 8.42 Å². The molecule has 1 aliphatic rings. The quantitative estimate of drug-likeness (QED) is 0.816. The molecule has 0 atom stereocenters. The lowest BCUT2D eigenvalue weighted by atomic mass is 10.3. The van der Waals surface area contributed by atoms with E-state index in [0.29, 0.717) is 10.3 Å². The molecule has 2 aromatic heterocycles. The maximum atomic E-state index is 12.2. The summed E-state index contributed by atoms with van der Waals surface area (Å²) in [5, 5.41) is 3.38. The van der Waals surface area contributed by atoms with Crippen LogP contribution in [0.4, 0.5) is 0 Å². The number of rotatable bonds is 7. The second kappa shape index (κ2) is 6.23. The van der Waals surface area contributed by atoms with E-state index in [9.17, 15) is 8.42 Å². The number of hydrogen-bond acceptors (Lipinski definition) is 5. The molecule has 7 heteroatoms. The normalized spacial score (nSPS) is 15.2. The van der Waals surface area contributed by atoms with Gasteiger partial charge in [0.2, 0.25) is 10.0 Å². The molecule has 0 amide bonds. The minimum atomic E-state index is -3.44. The zero-order chi connectivity index (χ0) is 14.7. The van der Waals surface area contributed by atoms with E-state index in [-0.39, 0.29) is 6.54 Å². The maximum absolute atomic E-state index is 12.2. The lowest BCUT2D eigenvalue weighted by Gasteiger charge is -2.04. The van der Waals surface area contributed by atoms with Gasteiger partial charge in [-0.05, 0) is 42.7 Å². The average Bonchev–Trinajstić information content (AvgIpc) is 3.20. The van der Waals surface area contributed by atoms with Crippen molar-refractivity contribution in [3.63, 3.8) is 0 Å². The van der Waals surface area contributed by atoms with E-state index in [1.807, 2.05) is 6.07 Å². The van der Waals surface area contributed by atoms with E-state index >= 15 is 0 Å². The van der Waals surface area contributed by atoms with Crippen molar-refractivity contribution in [3.05, 3.63) is 47.1 Å². The van der Waals surface area contributed by atoms with Crippen LogP contribution in [0.3, 0.4) is 0 Å². The first-order valence-corrected chi connectivity index (χ1v) is 9.14. The molecule has 1 fully saturated rings. The number of nitrogens with zero attached hydrogens (tertiary/aromatic N) is 1. The van der Waals surface area contributed by atoms with Crippen LogP contribution in [-0.2, 0) is 23.1 Å². The van der Waals surface area contributed by atoms with Gasteiger partial charge in [0.25, 0.3) is 0 Å². The third-order valence-electron chi connectivity index (χ3n) is 3.26. The highest BCUT2D eigenvalue weighted by atomic mass is 32.2. The highest BCUT2D eigenvalue weighted by molar-refractivity contribution is 7.91. The first-order chi connectivity index (χ1) is 10.1. The van der Waals surface area contributed by atoms with Crippen molar-refractivity contribution in [2.45, 2.75) is 36.2 Å². The number of pyridine rings is 1. The summed E-state index contributed by atoms with van der Waals surface area (Å²) >= 11 is 1.32. The van der Waals surface area contributed by atoms with Crippen LogP contribution in [0.2, 0.25) is 0 Å². The molecule has 21 heavy (non-hydrogen) atoms. The van der Waals surface area contributed by atoms with E-state index in [0.717, 1.165) is 17.0 Å². The molecule has 112 valence electrons. The van der Waals surface area contributed by atoms with Gasteiger partial charge in [0, 0.05) is 36.4 Å². The first kappa shape index (κ1) is 14.6. The molecule has 0 bridgehead atoms. The molecule has 0 saturated heterocycles. The Morgan fingerprint density at radius 1 is 1.14 bits per heavy atom. The third-order valence-corrected chi connectivity index (χ3v) is 6.24. The SMILES string of the molecule is O=S(=O)(NCc1ccncc1)c1ccc(CNC2CC2)s1. The van der Waals surface area contributed by atoms with E-state index in [2.05, 4.69) is 15.0 Å². The number of thiophene rings is 1. The van der Waals surface area contributed by atoms with Gasteiger partial charge in [0.05, 0.1) is 0 Å². The molecule has 1 aliphatic carbocycles. The second-order valence-electron chi connectivity index (χ2n) is 5.06. The summed E-state index contributed by atoms with van der Waals surface area (Å²) < 4.78 is 27.4. The minimum Gasteiger partial charge on any atom is -0.309 e. The first-order valence-electron chi connectivity index (χ1n) is 6.84. The van der Waals surface area contributed by atoms with Crippen molar-refractivity contribution in [2.75, 3.05) is 0 Å². The lowest BCUT2D eigenvalue weighted by molar-refractivity contribution is 0.583. The van der Waals surface area contributed by atoms with Gasteiger partial charge in [-0.2, -0.15) is 0 Å². The molecule has 0 aliphatic heterocycles. The second-order valence-corrected chi connectivity index (χ2v) is 8.22. The van der Waals surface area contributed by atoms with Crippen LogP contribution in [-0.4, -0.2) is 19.4 Å².